The van der Waals surface area contributed by atoms with Crippen LogP contribution < -0.4 is 0 Å². The molecule has 0 spiro atoms. The third-order valence-electron chi connectivity index (χ3n) is 2.76. The van der Waals surface area contributed by atoms with Gasteiger partial charge in [-0.2, -0.15) is 0 Å². The monoisotopic (exact) mass is 341 g/mol. The van der Waals surface area contributed by atoms with Crippen LogP contribution in [0.3, 0.4) is 0 Å². The highest BCUT2D eigenvalue weighted by atomic mass is 79.9. The van der Waals surface area contributed by atoms with E-state index in [1.807, 2.05) is 19.1 Å². The largest absolute Gasteiger partial charge is 0.467 e. The highest BCUT2D eigenvalue weighted by Crippen LogP contribution is 2.24. The lowest BCUT2D eigenvalue weighted by Gasteiger charge is -2.19. The molecule has 2 aromatic rings. The zero-order valence-corrected chi connectivity index (χ0v) is 12.7. The molecule has 0 aliphatic carbocycles. The molecule has 0 N–H and O–H groups in total. The van der Waals surface area contributed by atoms with Crippen LogP contribution in [0.1, 0.15) is 23.0 Å². The summed E-state index contributed by atoms with van der Waals surface area (Å²) in [5.41, 5.74) is 0.571. The first-order chi connectivity index (χ1) is 9.11. The Balaban J connectivity index is 2.18. The van der Waals surface area contributed by atoms with Crippen LogP contribution in [0.15, 0.2) is 45.5 Å². The second-order valence-corrected chi connectivity index (χ2v) is 5.29. The van der Waals surface area contributed by atoms with Gasteiger partial charge < -0.3 is 9.32 Å². The zero-order valence-electron chi connectivity index (χ0n) is 10.4. The van der Waals surface area contributed by atoms with Gasteiger partial charge in [0.05, 0.1) is 17.8 Å². The molecule has 0 unspecified atom stereocenters. The van der Waals surface area contributed by atoms with E-state index in [0.29, 0.717) is 23.7 Å². The average Bonchev–Trinajstić information content (AvgIpc) is 2.91. The number of rotatable bonds is 4. The van der Waals surface area contributed by atoms with Crippen molar-refractivity contribution < 1.29 is 9.21 Å². The van der Waals surface area contributed by atoms with E-state index in [9.17, 15) is 4.79 Å². The fraction of sp³-hybridized carbons (Fsp3) is 0.214. The van der Waals surface area contributed by atoms with E-state index in [0.717, 1.165) is 10.2 Å². The number of carbonyl (C=O) groups excluding carboxylic acids is 1. The first-order valence-corrected chi connectivity index (χ1v) is 7.05. The van der Waals surface area contributed by atoms with E-state index in [-0.39, 0.29) is 5.91 Å². The van der Waals surface area contributed by atoms with Crippen LogP contribution in [0.5, 0.6) is 0 Å². The molecule has 5 heteroatoms. The maximum atomic E-state index is 12.4. The molecule has 0 aliphatic rings. The van der Waals surface area contributed by atoms with Gasteiger partial charge in [0.2, 0.25) is 0 Å². The van der Waals surface area contributed by atoms with Crippen molar-refractivity contribution in [2.75, 3.05) is 6.54 Å². The van der Waals surface area contributed by atoms with E-state index >= 15 is 0 Å². The number of hydrogen-bond donors (Lipinski definition) is 0. The molecule has 1 aromatic carbocycles. The van der Waals surface area contributed by atoms with Gasteiger partial charge >= 0.3 is 0 Å². The van der Waals surface area contributed by atoms with Crippen molar-refractivity contribution in [3.8, 4) is 0 Å². The number of halogens is 2. The first kappa shape index (κ1) is 14.2. The molecule has 0 radical (unpaired) electrons. The summed E-state index contributed by atoms with van der Waals surface area (Å²) in [6, 6.07) is 8.85. The van der Waals surface area contributed by atoms with Crippen molar-refractivity contribution in [3.63, 3.8) is 0 Å². The van der Waals surface area contributed by atoms with Crippen molar-refractivity contribution in [1.29, 1.82) is 0 Å². The molecule has 1 amide bonds. The van der Waals surface area contributed by atoms with E-state index in [1.165, 1.54) is 0 Å². The molecule has 1 heterocycles. The number of amides is 1. The summed E-state index contributed by atoms with van der Waals surface area (Å²) < 4.78 is 6.04. The molecule has 0 saturated heterocycles. The van der Waals surface area contributed by atoms with Crippen LogP contribution in [0.25, 0.3) is 0 Å². The number of benzene rings is 1. The fourth-order valence-corrected chi connectivity index (χ4v) is 2.16. The van der Waals surface area contributed by atoms with Crippen LogP contribution in [0.4, 0.5) is 0 Å². The Morgan fingerprint density at radius 1 is 1.42 bits per heavy atom. The van der Waals surface area contributed by atoms with Crippen molar-refractivity contribution in [1.82, 2.24) is 4.90 Å². The minimum atomic E-state index is -0.0618. The SMILES string of the molecule is CCN(Cc1ccco1)C(=O)c1ccc(Br)c(Cl)c1. The van der Waals surface area contributed by atoms with Crippen molar-refractivity contribution in [2.45, 2.75) is 13.5 Å². The molecule has 3 nitrogen and oxygen atoms in total. The fourth-order valence-electron chi connectivity index (χ4n) is 1.73. The van der Waals surface area contributed by atoms with Gasteiger partial charge in [-0.25, -0.2) is 0 Å². The Morgan fingerprint density at radius 2 is 2.21 bits per heavy atom. The third-order valence-corrected chi connectivity index (χ3v) is 3.99. The Morgan fingerprint density at radius 3 is 2.79 bits per heavy atom. The van der Waals surface area contributed by atoms with Crippen LogP contribution >= 0.6 is 27.5 Å². The molecule has 100 valence electrons. The van der Waals surface area contributed by atoms with Gasteiger partial charge in [0.25, 0.3) is 5.91 Å². The summed E-state index contributed by atoms with van der Waals surface area (Å²) in [5, 5.41) is 0.528. The summed E-state index contributed by atoms with van der Waals surface area (Å²) in [4.78, 5) is 14.1. The quantitative estimate of drug-likeness (QED) is 0.827. The topological polar surface area (TPSA) is 33.5 Å². The van der Waals surface area contributed by atoms with Gasteiger partial charge in [-0.15, -0.1) is 0 Å². The van der Waals surface area contributed by atoms with Gasteiger partial charge in [0, 0.05) is 16.6 Å². The molecule has 0 bridgehead atoms. The summed E-state index contributed by atoms with van der Waals surface area (Å²) in [6.45, 7) is 2.99. The molecule has 0 atom stereocenters. The van der Waals surface area contributed by atoms with E-state index < -0.39 is 0 Å². The Bertz CT molecular complexity index is 569. The summed E-state index contributed by atoms with van der Waals surface area (Å²) >= 11 is 9.32. The maximum Gasteiger partial charge on any atom is 0.254 e. The predicted molar refractivity (Wildman–Crippen MR) is 78.3 cm³/mol. The number of nitrogens with zero attached hydrogens (tertiary/aromatic N) is 1. The second kappa shape index (κ2) is 6.26. The third kappa shape index (κ3) is 3.39. The molecule has 0 fully saturated rings. The Labute approximate surface area is 125 Å². The lowest BCUT2D eigenvalue weighted by molar-refractivity contribution is 0.0741. The van der Waals surface area contributed by atoms with Crippen LogP contribution in [0.2, 0.25) is 5.02 Å². The van der Waals surface area contributed by atoms with Crippen LogP contribution in [0, 0.1) is 0 Å². The summed E-state index contributed by atoms with van der Waals surface area (Å²) in [6.07, 6.45) is 1.60. The number of hydrogen-bond acceptors (Lipinski definition) is 2. The van der Waals surface area contributed by atoms with E-state index in [1.54, 1.807) is 29.4 Å². The van der Waals surface area contributed by atoms with Crippen LogP contribution in [-0.2, 0) is 6.54 Å². The van der Waals surface area contributed by atoms with Gasteiger partial charge in [0.15, 0.2) is 0 Å². The average molecular weight is 343 g/mol. The minimum absolute atomic E-state index is 0.0618. The van der Waals surface area contributed by atoms with Gasteiger partial charge in [-0.1, -0.05) is 11.6 Å². The molecular weight excluding hydrogens is 330 g/mol. The zero-order chi connectivity index (χ0) is 13.8. The number of furan rings is 1. The van der Waals surface area contributed by atoms with Gasteiger partial charge in [-0.05, 0) is 53.2 Å². The van der Waals surface area contributed by atoms with E-state index in [4.69, 9.17) is 16.0 Å². The standard InChI is InChI=1S/C14H13BrClNO2/c1-2-17(9-11-4-3-7-19-11)14(18)10-5-6-12(15)13(16)8-10/h3-8H,2,9H2,1H3. The highest BCUT2D eigenvalue weighted by Gasteiger charge is 2.16. The smallest absolute Gasteiger partial charge is 0.254 e. The van der Waals surface area contributed by atoms with Crippen LogP contribution in [-0.4, -0.2) is 17.4 Å². The van der Waals surface area contributed by atoms with Gasteiger partial charge in [0.1, 0.15) is 5.76 Å². The van der Waals surface area contributed by atoms with E-state index in [2.05, 4.69) is 15.9 Å². The van der Waals surface area contributed by atoms with Crippen molar-refractivity contribution >= 4 is 33.4 Å². The Hall–Kier alpha value is -1.26. The number of carbonyl (C=O) groups is 1. The summed E-state index contributed by atoms with van der Waals surface area (Å²) in [7, 11) is 0. The molecular formula is C14H13BrClNO2. The predicted octanol–water partition coefficient (Wildman–Crippen LogP) is 4.36. The maximum absolute atomic E-state index is 12.4. The molecule has 0 aliphatic heterocycles. The molecule has 0 saturated carbocycles. The highest BCUT2D eigenvalue weighted by molar-refractivity contribution is 9.10. The van der Waals surface area contributed by atoms with Gasteiger partial charge in [-0.3, -0.25) is 4.79 Å². The van der Waals surface area contributed by atoms with Crippen molar-refractivity contribution in [3.05, 3.63) is 57.4 Å². The normalized spacial score (nSPS) is 10.5. The molecule has 19 heavy (non-hydrogen) atoms. The minimum Gasteiger partial charge on any atom is -0.467 e. The Kier molecular flexibility index (Phi) is 4.66. The molecule has 2 rings (SSSR count). The second-order valence-electron chi connectivity index (χ2n) is 4.03. The lowest BCUT2D eigenvalue weighted by Crippen LogP contribution is -2.30. The van der Waals surface area contributed by atoms with Crippen molar-refractivity contribution in [2.24, 2.45) is 0 Å². The summed E-state index contributed by atoms with van der Waals surface area (Å²) in [5.74, 6) is 0.701. The lowest BCUT2D eigenvalue weighted by atomic mass is 10.2. The molecule has 1 aromatic heterocycles. The first-order valence-electron chi connectivity index (χ1n) is 5.88.